The first-order chi connectivity index (χ1) is 11.6. The number of methoxy groups -OCH3 is 4. The van der Waals surface area contributed by atoms with E-state index in [1.165, 1.54) is 0 Å². The largest absolute Gasteiger partial charge is 0.493 e. The van der Waals surface area contributed by atoms with Crippen LogP contribution in [0, 0.1) is 0 Å². The van der Waals surface area contributed by atoms with Crippen molar-refractivity contribution >= 4 is 0 Å². The van der Waals surface area contributed by atoms with Gasteiger partial charge in [0.1, 0.15) is 0 Å². The number of rotatable bonds is 7. The zero-order chi connectivity index (χ0) is 17.7. The minimum absolute atomic E-state index is 0.378. The SMILES string of the molecule is COc1cc(CN)cc(-c2cc(CN)cc(OC)c2OC)c1OC. The van der Waals surface area contributed by atoms with E-state index in [1.54, 1.807) is 28.4 Å². The van der Waals surface area contributed by atoms with Crippen molar-refractivity contribution in [1.29, 1.82) is 0 Å². The molecule has 0 saturated carbocycles. The highest BCUT2D eigenvalue weighted by molar-refractivity contribution is 5.81. The maximum absolute atomic E-state index is 5.82. The number of hydrogen-bond donors (Lipinski definition) is 2. The Labute approximate surface area is 142 Å². The van der Waals surface area contributed by atoms with Gasteiger partial charge >= 0.3 is 0 Å². The van der Waals surface area contributed by atoms with Gasteiger partial charge in [0.2, 0.25) is 0 Å². The Bertz CT molecular complexity index is 655. The topological polar surface area (TPSA) is 89.0 Å². The summed E-state index contributed by atoms with van der Waals surface area (Å²) in [6.07, 6.45) is 0. The second-order valence-corrected chi connectivity index (χ2v) is 5.17. The Balaban J connectivity index is 2.83. The molecule has 24 heavy (non-hydrogen) atoms. The fraction of sp³-hybridized carbons (Fsp3) is 0.333. The zero-order valence-electron chi connectivity index (χ0n) is 14.5. The van der Waals surface area contributed by atoms with Crippen LogP contribution in [-0.4, -0.2) is 28.4 Å². The van der Waals surface area contributed by atoms with Crippen LogP contribution in [0.4, 0.5) is 0 Å². The molecule has 0 saturated heterocycles. The Morgan fingerprint density at radius 1 is 0.625 bits per heavy atom. The molecule has 0 atom stereocenters. The predicted molar refractivity (Wildman–Crippen MR) is 93.9 cm³/mol. The summed E-state index contributed by atoms with van der Waals surface area (Å²) in [4.78, 5) is 0. The highest BCUT2D eigenvalue weighted by Gasteiger charge is 2.20. The average molecular weight is 332 g/mol. The molecule has 0 spiro atoms. The Morgan fingerprint density at radius 3 is 1.25 bits per heavy atom. The van der Waals surface area contributed by atoms with Gasteiger partial charge in [-0.3, -0.25) is 0 Å². The van der Waals surface area contributed by atoms with E-state index in [4.69, 9.17) is 30.4 Å². The second kappa shape index (κ2) is 7.90. The molecule has 2 aromatic carbocycles. The normalized spacial score (nSPS) is 10.4. The number of benzene rings is 2. The predicted octanol–water partition coefficient (Wildman–Crippen LogP) is 2.31. The summed E-state index contributed by atoms with van der Waals surface area (Å²) in [7, 11) is 6.38. The van der Waals surface area contributed by atoms with Gasteiger partial charge in [-0.05, 0) is 35.4 Å². The highest BCUT2D eigenvalue weighted by atomic mass is 16.5. The van der Waals surface area contributed by atoms with Gasteiger partial charge in [0.15, 0.2) is 23.0 Å². The van der Waals surface area contributed by atoms with E-state index in [-0.39, 0.29) is 0 Å². The van der Waals surface area contributed by atoms with Crippen molar-refractivity contribution in [2.24, 2.45) is 11.5 Å². The van der Waals surface area contributed by atoms with Crippen LogP contribution in [0.3, 0.4) is 0 Å². The highest BCUT2D eigenvalue weighted by Crippen LogP contribution is 2.46. The van der Waals surface area contributed by atoms with E-state index >= 15 is 0 Å². The van der Waals surface area contributed by atoms with Crippen LogP contribution in [-0.2, 0) is 13.1 Å². The maximum Gasteiger partial charge on any atom is 0.168 e. The molecule has 6 heteroatoms. The van der Waals surface area contributed by atoms with Crippen molar-refractivity contribution in [2.45, 2.75) is 13.1 Å². The van der Waals surface area contributed by atoms with Gasteiger partial charge in [0.05, 0.1) is 28.4 Å². The lowest BCUT2D eigenvalue weighted by molar-refractivity contribution is 0.351. The molecule has 2 aromatic rings. The van der Waals surface area contributed by atoms with Gasteiger partial charge in [-0.25, -0.2) is 0 Å². The molecule has 0 bridgehead atoms. The quantitative estimate of drug-likeness (QED) is 0.809. The summed E-state index contributed by atoms with van der Waals surface area (Å²) >= 11 is 0. The van der Waals surface area contributed by atoms with Crippen molar-refractivity contribution in [3.05, 3.63) is 35.4 Å². The molecule has 2 rings (SSSR count). The molecule has 130 valence electrons. The summed E-state index contributed by atoms with van der Waals surface area (Å²) in [6, 6.07) is 7.63. The van der Waals surface area contributed by atoms with Gasteiger partial charge in [-0.15, -0.1) is 0 Å². The monoisotopic (exact) mass is 332 g/mol. The summed E-state index contributed by atoms with van der Waals surface area (Å²) in [5, 5.41) is 0. The molecule has 0 fully saturated rings. The van der Waals surface area contributed by atoms with E-state index in [2.05, 4.69) is 0 Å². The molecule has 0 amide bonds. The molecule has 0 radical (unpaired) electrons. The van der Waals surface area contributed by atoms with Crippen LogP contribution in [0.1, 0.15) is 11.1 Å². The van der Waals surface area contributed by atoms with Crippen LogP contribution in [0.5, 0.6) is 23.0 Å². The van der Waals surface area contributed by atoms with Crippen LogP contribution in [0.15, 0.2) is 24.3 Å². The molecule has 6 nitrogen and oxygen atoms in total. The second-order valence-electron chi connectivity index (χ2n) is 5.17. The lowest BCUT2D eigenvalue weighted by atomic mass is 9.97. The first kappa shape index (κ1) is 17.9. The van der Waals surface area contributed by atoms with Crippen LogP contribution >= 0.6 is 0 Å². The van der Waals surface area contributed by atoms with Gasteiger partial charge in [-0.1, -0.05) is 0 Å². The van der Waals surface area contributed by atoms with Gasteiger partial charge < -0.3 is 30.4 Å². The maximum atomic E-state index is 5.82. The molecule has 0 aromatic heterocycles. The van der Waals surface area contributed by atoms with E-state index in [0.29, 0.717) is 36.1 Å². The fourth-order valence-electron chi connectivity index (χ4n) is 2.68. The molecular formula is C18H24N2O4. The lowest BCUT2D eigenvalue weighted by Gasteiger charge is -2.19. The molecule has 0 aliphatic rings. The molecule has 0 unspecified atom stereocenters. The lowest BCUT2D eigenvalue weighted by Crippen LogP contribution is -2.03. The minimum atomic E-state index is 0.378. The summed E-state index contributed by atoms with van der Waals surface area (Å²) < 4.78 is 22.0. The average Bonchev–Trinajstić information content (AvgIpc) is 2.65. The van der Waals surface area contributed by atoms with Crippen molar-refractivity contribution in [3.63, 3.8) is 0 Å². The third kappa shape index (κ3) is 3.25. The third-order valence-corrected chi connectivity index (χ3v) is 3.84. The molecule has 0 aliphatic carbocycles. The number of hydrogen-bond acceptors (Lipinski definition) is 6. The first-order valence-electron chi connectivity index (χ1n) is 7.53. The van der Waals surface area contributed by atoms with Crippen molar-refractivity contribution in [2.75, 3.05) is 28.4 Å². The Morgan fingerprint density at radius 2 is 1.00 bits per heavy atom. The van der Waals surface area contributed by atoms with Gasteiger partial charge in [0, 0.05) is 24.2 Å². The fourth-order valence-corrected chi connectivity index (χ4v) is 2.68. The molecule has 0 aliphatic heterocycles. The first-order valence-corrected chi connectivity index (χ1v) is 7.53. The van der Waals surface area contributed by atoms with Crippen molar-refractivity contribution in [1.82, 2.24) is 0 Å². The number of nitrogens with two attached hydrogens (primary N) is 2. The summed E-state index contributed by atoms with van der Waals surface area (Å²) in [6.45, 7) is 0.757. The third-order valence-electron chi connectivity index (χ3n) is 3.84. The van der Waals surface area contributed by atoms with E-state index < -0.39 is 0 Å². The Kier molecular flexibility index (Phi) is 5.89. The standard InChI is InChI=1S/C18H24N2O4/c1-21-15-7-11(9-19)5-13(17(15)23-3)14-6-12(10-20)8-16(22-2)18(14)24-4/h5-8H,9-10,19-20H2,1-4H3. The molecular weight excluding hydrogens is 308 g/mol. The number of ether oxygens (including phenoxy) is 4. The van der Waals surface area contributed by atoms with E-state index in [1.807, 2.05) is 24.3 Å². The van der Waals surface area contributed by atoms with Gasteiger partial charge in [-0.2, -0.15) is 0 Å². The molecule has 0 heterocycles. The molecule has 4 N–H and O–H groups in total. The van der Waals surface area contributed by atoms with E-state index in [0.717, 1.165) is 22.3 Å². The van der Waals surface area contributed by atoms with Gasteiger partial charge in [0.25, 0.3) is 0 Å². The Hall–Kier alpha value is -2.44. The van der Waals surface area contributed by atoms with Crippen molar-refractivity contribution < 1.29 is 18.9 Å². The minimum Gasteiger partial charge on any atom is -0.493 e. The van der Waals surface area contributed by atoms with Crippen molar-refractivity contribution in [3.8, 4) is 34.1 Å². The van der Waals surface area contributed by atoms with E-state index in [9.17, 15) is 0 Å². The summed E-state index contributed by atoms with van der Waals surface area (Å²) in [5.41, 5.74) is 15.1. The van der Waals surface area contributed by atoms with Crippen LogP contribution in [0.25, 0.3) is 11.1 Å². The zero-order valence-corrected chi connectivity index (χ0v) is 14.5. The smallest absolute Gasteiger partial charge is 0.168 e. The summed E-state index contributed by atoms with van der Waals surface area (Å²) in [5.74, 6) is 2.41. The van der Waals surface area contributed by atoms with Crippen LogP contribution < -0.4 is 30.4 Å². The van der Waals surface area contributed by atoms with Crippen LogP contribution in [0.2, 0.25) is 0 Å².